The molecule has 5 nitrogen and oxygen atoms in total. The van der Waals surface area contributed by atoms with E-state index < -0.39 is 0 Å². The topological polar surface area (TPSA) is 59.3 Å². The Kier molecular flexibility index (Phi) is 2.97. The van der Waals surface area contributed by atoms with E-state index in [-0.39, 0.29) is 5.91 Å². The first kappa shape index (κ1) is 11.8. The van der Waals surface area contributed by atoms with E-state index in [2.05, 4.69) is 37.9 Å². The lowest BCUT2D eigenvalue weighted by atomic mass is 10.4. The molecule has 0 spiro atoms. The Balaban J connectivity index is 2.65. The minimum absolute atomic E-state index is 0.277. The lowest BCUT2D eigenvalue weighted by molar-refractivity contribution is -0.111. The number of aromatic nitrogens is 3. The molecule has 6 heteroatoms. The molecule has 88 valence electrons. The number of aryl methyl sites for hydroxylation is 2. The summed E-state index contributed by atoms with van der Waals surface area (Å²) in [5, 5.41) is 7.00. The average molecular weight is 295 g/mol. The minimum atomic E-state index is -0.277. The highest BCUT2D eigenvalue weighted by Crippen LogP contribution is 2.23. The Morgan fingerprint density at radius 2 is 2.29 bits per heavy atom. The van der Waals surface area contributed by atoms with E-state index in [9.17, 15) is 4.79 Å². The smallest absolute Gasteiger partial charge is 0.248 e. The zero-order valence-electron chi connectivity index (χ0n) is 9.49. The van der Waals surface area contributed by atoms with Gasteiger partial charge in [0.25, 0.3) is 0 Å². The van der Waals surface area contributed by atoms with Crippen LogP contribution < -0.4 is 5.32 Å². The lowest BCUT2D eigenvalue weighted by Gasteiger charge is -2.06. The molecular weight excluding hydrogens is 284 g/mol. The first-order valence-electron chi connectivity index (χ1n) is 4.99. The van der Waals surface area contributed by atoms with Crippen LogP contribution in [0.25, 0.3) is 5.65 Å². The first-order valence-corrected chi connectivity index (χ1v) is 5.78. The molecule has 2 aromatic rings. The molecule has 0 aliphatic carbocycles. The first-order chi connectivity index (χ1) is 8.02. The molecule has 0 aromatic carbocycles. The van der Waals surface area contributed by atoms with Crippen LogP contribution >= 0.6 is 15.9 Å². The second-order valence-electron chi connectivity index (χ2n) is 3.61. The summed E-state index contributed by atoms with van der Waals surface area (Å²) in [4.78, 5) is 15.7. The number of halogens is 1. The molecule has 0 saturated heterocycles. The highest BCUT2D eigenvalue weighted by atomic mass is 79.9. The van der Waals surface area contributed by atoms with Gasteiger partial charge in [-0.3, -0.25) is 4.79 Å². The van der Waals surface area contributed by atoms with Crippen molar-refractivity contribution in [1.82, 2.24) is 14.6 Å². The van der Waals surface area contributed by atoms with Crippen molar-refractivity contribution in [2.24, 2.45) is 0 Å². The minimum Gasteiger partial charge on any atom is -0.307 e. The van der Waals surface area contributed by atoms with Gasteiger partial charge < -0.3 is 5.32 Å². The van der Waals surface area contributed by atoms with Gasteiger partial charge in [0.15, 0.2) is 5.65 Å². The number of hydrogen-bond acceptors (Lipinski definition) is 3. The van der Waals surface area contributed by atoms with Crippen molar-refractivity contribution >= 4 is 33.3 Å². The summed E-state index contributed by atoms with van der Waals surface area (Å²) < 4.78 is 2.42. The summed E-state index contributed by atoms with van der Waals surface area (Å²) in [7, 11) is 0. The van der Waals surface area contributed by atoms with Crippen molar-refractivity contribution in [2.75, 3.05) is 5.32 Å². The summed E-state index contributed by atoms with van der Waals surface area (Å²) in [5.41, 5.74) is 2.30. The van der Waals surface area contributed by atoms with Crippen molar-refractivity contribution in [3.05, 3.63) is 34.6 Å². The zero-order valence-corrected chi connectivity index (χ0v) is 11.1. The lowest BCUT2D eigenvalue weighted by Crippen LogP contribution is -2.12. The maximum atomic E-state index is 11.3. The van der Waals surface area contributed by atoms with E-state index in [1.54, 1.807) is 10.6 Å². The summed E-state index contributed by atoms with van der Waals surface area (Å²) in [6.45, 7) is 7.14. The SMILES string of the molecule is C=CC(=O)Nc1cc(C)nc2c(Br)c(C)nn12. The van der Waals surface area contributed by atoms with Gasteiger partial charge in [-0.15, -0.1) is 0 Å². The van der Waals surface area contributed by atoms with Crippen LogP contribution in [-0.2, 0) is 4.79 Å². The summed E-state index contributed by atoms with van der Waals surface area (Å²) in [6, 6.07) is 1.76. The monoisotopic (exact) mass is 294 g/mol. The van der Waals surface area contributed by atoms with Gasteiger partial charge in [-0.25, -0.2) is 4.98 Å². The van der Waals surface area contributed by atoms with Gasteiger partial charge >= 0.3 is 0 Å². The Morgan fingerprint density at radius 3 is 2.94 bits per heavy atom. The molecule has 2 heterocycles. The second kappa shape index (κ2) is 4.29. The van der Waals surface area contributed by atoms with Crippen molar-refractivity contribution in [2.45, 2.75) is 13.8 Å². The third-order valence-corrected chi connectivity index (χ3v) is 3.19. The maximum absolute atomic E-state index is 11.3. The number of hydrogen-bond donors (Lipinski definition) is 1. The molecule has 0 atom stereocenters. The Hall–Kier alpha value is -1.69. The van der Waals surface area contributed by atoms with Gasteiger partial charge in [0, 0.05) is 11.8 Å². The van der Waals surface area contributed by atoms with E-state index in [1.807, 2.05) is 13.8 Å². The van der Waals surface area contributed by atoms with E-state index >= 15 is 0 Å². The number of anilines is 1. The Bertz CT molecular complexity index is 617. The van der Waals surface area contributed by atoms with E-state index in [0.717, 1.165) is 15.9 Å². The van der Waals surface area contributed by atoms with Gasteiger partial charge in [0.2, 0.25) is 5.91 Å². The van der Waals surface area contributed by atoms with Crippen LogP contribution in [0.2, 0.25) is 0 Å². The maximum Gasteiger partial charge on any atom is 0.248 e. The normalized spacial score (nSPS) is 10.5. The number of nitrogens with one attached hydrogen (secondary N) is 1. The molecule has 0 aliphatic heterocycles. The predicted molar refractivity (Wildman–Crippen MR) is 69.0 cm³/mol. The van der Waals surface area contributed by atoms with Crippen LogP contribution in [0.15, 0.2) is 23.2 Å². The van der Waals surface area contributed by atoms with Gasteiger partial charge in [-0.2, -0.15) is 9.61 Å². The van der Waals surface area contributed by atoms with Crippen molar-refractivity contribution < 1.29 is 4.79 Å². The third-order valence-electron chi connectivity index (χ3n) is 2.26. The van der Waals surface area contributed by atoms with E-state index in [1.165, 1.54) is 6.08 Å². The number of nitrogens with zero attached hydrogens (tertiary/aromatic N) is 3. The molecule has 17 heavy (non-hydrogen) atoms. The van der Waals surface area contributed by atoms with E-state index in [4.69, 9.17) is 0 Å². The molecule has 0 fully saturated rings. The highest BCUT2D eigenvalue weighted by molar-refractivity contribution is 9.10. The van der Waals surface area contributed by atoms with E-state index in [0.29, 0.717) is 11.5 Å². The van der Waals surface area contributed by atoms with Gasteiger partial charge in [-0.1, -0.05) is 6.58 Å². The van der Waals surface area contributed by atoms with Gasteiger partial charge in [0.05, 0.1) is 10.2 Å². The van der Waals surface area contributed by atoms with Gasteiger partial charge in [-0.05, 0) is 35.9 Å². The molecule has 2 aromatic heterocycles. The molecule has 2 rings (SSSR count). The third kappa shape index (κ3) is 2.08. The van der Waals surface area contributed by atoms with Crippen LogP contribution in [0.3, 0.4) is 0 Å². The molecule has 0 aliphatic rings. The Morgan fingerprint density at radius 1 is 1.59 bits per heavy atom. The molecule has 1 N–H and O–H groups in total. The second-order valence-corrected chi connectivity index (χ2v) is 4.40. The standard InChI is InChI=1S/C11H11BrN4O/c1-4-9(17)14-8-5-6(2)13-11-10(12)7(3)15-16(8)11/h4-5H,1H2,2-3H3,(H,14,17). The molecule has 0 unspecified atom stereocenters. The number of carbonyl (C=O) groups is 1. The number of carbonyl (C=O) groups excluding carboxylic acids is 1. The summed E-state index contributed by atoms with van der Waals surface area (Å²) in [6.07, 6.45) is 1.22. The fraction of sp³-hybridized carbons (Fsp3) is 0.182. The van der Waals surface area contributed by atoms with Crippen LogP contribution in [0.1, 0.15) is 11.4 Å². The average Bonchev–Trinajstić information content (AvgIpc) is 2.56. The molecule has 1 amide bonds. The number of amides is 1. The number of fused-ring (bicyclic) bond motifs is 1. The quantitative estimate of drug-likeness (QED) is 0.864. The van der Waals surface area contributed by atoms with Crippen LogP contribution in [0, 0.1) is 13.8 Å². The number of rotatable bonds is 2. The van der Waals surface area contributed by atoms with Crippen LogP contribution in [0.5, 0.6) is 0 Å². The molecular formula is C11H11BrN4O. The van der Waals surface area contributed by atoms with Crippen LogP contribution in [0.4, 0.5) is 5.82 Å². The largest absolute Gasteiger partial charge is 0.307 e. The van der Waals surface area contributed by atoms with Crippen molar-refractivity contribution in [3.63, 3.8) is 0 Å². The fourth-order valence-corrected chi connectivity index (χ4v) is 1.82. The van der Waals surface area contributed by atoms with Crippen molar-refractivity contribution in [3.8, 4) is 0 Å². The zero-order chi connectivity index (χ0) is 12.6. The molecule has 0 bridgehead atoms. The van der Waals surface area contributed by atoms with Crippen molar-refractivity contribution in [1.29, 1.82) is 0 Å². The van der Waals surface area contributed by atoms with Crippen LogP contribution in [-0.4, -0.2) is 20.5 Å². The Labute approximate surface area is 107 Å². The molecule has 0 radical (unpaired) electrons. The summed E-state index contributed by atoms with van der Waals surface area (Å²) >= 11 is 3.42. The fourth-order valence-electron chi connectivity index (χ4n) is 1.49. The highest BCUT2D eigenvalue weighted by Gasteiger charge is 2.12. The predicted octanol–water partition coefficient (Wildman–Crippen LogP) is 2.23. The molecule has 0 saturated carbocycles. The van der Waals surface area contributed by atoms with Gasteiger partial charge in [0.1, 0.15) is 5.82 Å². The summed E-state index contributed by atoms with van der Waals surface area (Å²) in [5.74, 6) is 0.298.